The van der Waals surface area contributed by atoms with Crippen LogP contribution >= 0.6 is 0 Å². The molecule has 11 heteroatoms. The Balaban J connectivity index is 1.19. The molecule has 0 saturated carbocycles. The molecule has 0 bridgehead atoms. The van der Waals surface area contributed by atoms with E-state index in [1.165, 1.54) is 5.56 Å². The number of benzene rings is 2. The van der Waals surface area contributed by atoms with Crippen molar-refractivity contribution in [1.29, 1.82) is 0 Å². The first-order valence-corrected chi connectivity index (χ1v) is 14.5. The minimum Gasteiger partial charge on any atom is -0.383 e. The van der Waals surface area contributed by atoms with Crippen LogP contribution in [0.3, 0.4) is 0 Å². The number of nitrogens with one attached hydrogen (secondary N) is 2. The number of carbonyl (C=O) groups excluding carboxylic acids is 1. The molecule has 1 fully saturated rings. The maximum Gasteiger partial charge on any atom is 0.324 e. The minimum atomic E-state index is -0.359. The number of aromatic nitrogens is 5. The van der Waals surface area contributed by atoms with E-state index in [1.54, 1.807) is 23.0 Å². The fourth-order valence-electron chi connectivity index (χ4n) is 5.21. The van der Waals surface area contributed by atoms with Gasteiger partial charge in [-0.1, -0.05) is 45.0 Å². The lowest BCUT2D eigenvalue weighted by atomic mass is 9.92. The molecule has 4 heterocycles. The van der Waals surface area contributed by atoms with Crippen molar-refractivity contribution >= 4 is 29.0 Å². The number of fused-ring (bicyclic) bond motifs is 1. The molecule has 222 valence electrons. The molecule has 1 aliphatic heterocycles. The van der Waals surface area contributed by atoms with E-state index in [4.69, 9.17) is 10.8 Å². The van der Waals surface area contributed by atoms with E-state index in [1.807, 2.05) is 41.1 Å². The molecule has 0 spiro atoms. The molecule has 3 aromatic heterocycles. The fourth-order valence-corrected chi connectivity index (χ4v) is 5.21. The van der Waals surface area contributed by atoms with Gasteiger partial charge in [-0.25, -0.2) is 14.5 Å². The highest BCUT2D eigenvalue weighted by Crippen LogP contribution is 2.28. The first-order chi connectivity index (χ1) is 20.6. The second-order valence-corrected chi connectivity index (χ2v) is 12.1. The molecule has 1 aliphatic rings. The molecule has 0 unspecified atom stereocenters. The Kier molecular flexibility index (Phi) is 7.59. The third kappa shape index (κ3) is 6.23. The molecule has 11 nitrogen and oxygen atoms in total. The molecule has 2 aromatic carbocycles. The number of rotatable bonds is 6. The lowest BCUT2D eigenvalue weighted by molar-refractivity contribution is 0.148. The number of likely N-dealkylation sites (N-methyl/N-ethyl adjacent to an activating group) is 1. The average molecular weight is 579 g/mol. The quantitative estimate of drug-likeness (QED) is 0.263. The van der Waals surface area contributed by atoms with Crippen LogP contribution < -0.4 is 16.4 Å². The van der Waals surface area contributed by atoms with Crippen LogP contribution in [0.5, 0.6) is 0 Å². The Morgan fingerprint density at radius 2 is 1.74 bits per heavy atom. The summed E-state index contributed by atoms with van der Waals surface area (Å²) in [5, 5.41) is 15.1. The number of nitrogen functional groups attached to an aromatic ring is 1. The van der Waals surface area contributed by atoms with Crippen molar-refractivity contribution in [3.63, 3.8) is 0 Å². The van der Waals surface area contributed by atoms with Crippen LogP contribution in [0.1, 0.15) is 32.0 Å². The number of nitrogens with zero attached hydrogens (tertiary/aromatic N) is 7. The maximum atomic E-state index is 13.2. The van der Waals surface area contributed by atoms with E-state index >= 15 is 0 Å². The first-order valence-electron chi connectivity index (χ1n) is 14.5. The maximum absolute atomic E-state index is 13.2. The molecule has 0 aliphatic carbocycles. The van der Waals surface area contributed by atoms with Crippen LogP contribution in [-0.4, -0.2) is 73.4 Å². The monoisotopic (exact) mass is 578 g/mol. The smallest absolute Gasteiger partial charge is 0.324 e. The highest BCUT2D eigenvalue weighted by molar-refractivity contribution is 5.99. The third-order valence-corrected chi connectivity index (χ3v) is 7.78. The second kappa shape index (κ2) is 11.5. The predicted octanol–water partition coefficient (Wildman–Crippen LogP) is 4.85. The Morgan fingerprint density at radius 1 is 0.977 bits per heavy atom. The van der Waals surface area contributed by atoms with E-state index in [2.05, 4.69) is 76.5 Å². The van der Waals surface area contributed by atoms with Gasteiger partial charge in [0.05, 0.1) is 17.6 Å². The summed E-state index contributed by atoms with van der Waals surface area (Å²) < 4.78 is 3.42. The lowest BCUT2D eigenvalue weighted by Crippen LogP contribution is -2.43. The van der Waals surface area contributed by atoms with Crippen LogP contribution in [0.2, 0.25) is 0 Å². The average Bonchev–Trinajstić information content (AvgIpc) is 3.63. The normalized spacial score (nSPS) is 14.7. The number of urea groups is 1. The lowest BCUT2D eigenvalue weighted by Gasteiger charge is -2.32. The molecule has 1 saturated heterocycles. The number of nitrogens with two attached hydrogens (primary N) is 1. The van der Waals surface area contributed by atoms with Crippen molar-refractivity contribution in [3.05, 3.63) is 84.3 Å². The Bertz CT molecular complexity index is 1740. The molecular weight excluding hydrogens is 540 g/mol. The predicted molar refractivity (Wildman–Crippen MR) is 171 cm³/mol. The molecule has 6 rings (SSSR count). The number of anilines is 3. The number of hydrogen-bond donors (Lipinski definition) is 3. The molecule has 43 heavy (non-hydrogen) atoms. The first kappa shape index (κ1) is 28.4. The zero-order valence-corrected chi connectivity index (χ0v) is 25.1. The van der Waals surface area contributed by atoms with Gasteiger partial charge in [-0.3, -0.25) is 10.2 Å². The van der Waals surface area contributed by atoms with Gasteiger partial charge >= 0.3 is 6.03 Å². The molecule has 4 N–H and O–H groups in total. The van der Waals surface area contributed by atoms with Crippen molar-refractivity contribution in [1.82, 2.24) is 34.2 Å². The molecule has 0 radical (unpaired) electrons. The minimum absolute atomic E-state index is 0.193. The van der Waals surface area contributed by atoms with Crippen LogP contribution in [0.4, 0.5) is 22.1 Å². The number of piperazine rings is 1. The summed E-state index contributed by atoms with van der Waals surface area (Å²) in [6.07, 6.45) is 3.39. The molecule has 5 aromatic rings. The third-order valence-electron chi connectivity index (χ3n) is 7.78. The second-order valence-electron chi connectivity index (χ2n) is 12.1. The summed E-state index contributed by atoms with van der Waals surface area (Å²) in [6.45, 7) is 11.5. The van der Waals surface area contributed by atoms with Crippen LogP contribution in [0.25, 0.3) is 22.5 Å². The highest BCUT2D eigenvalue weighted by Gasteiger charge is 2.22. The van der Waals surface area contributed by atoms with Gasteiger partial charge in [0, 0.05) is 67.7 Å². The van der Waals surface area contributed by atoms with Gasteiger partial charge in [0.25, 0.3) is 0 Å². The van der Waals surface area contributed by atoms with Gasteiger partial charge in [0.15, 0.2) is 5.65 Å². The highest BCUT2D eigenvalue weighted by atomic mass is 16.2. The summed E-state index contributed by atoms with van der Waals surface area (Å²) in [5.74, 6) is 1.10. The van der Waals surface area contributed by atoms with Gasteiger partial charge in [-0.2, -0.15) is 14.7 Å². The van der Waals surface area contributed by atoms with E-state index in [0.717, 1.165) is 55.2 Å². The van der Waals surface area contributed by atoms with Gasteiger partial charge in [-0.05, 0) is 42.4 Å². The van der Waals surface area contributed by atoms with Gasteiger partial charge in [-0.15, -0.1) is 0 Å². The van der Waals surface area contributed by atoms with E-state index in [-0.39, 0.29) is 11.4 Å². The van der Waals surface area contributed by atoms with E-state index in [0.29, 0.717) is 23.0 Å². The zero-order valence-electron chi connectivity index (χ0n) is 25.1. The molecule has 0 atom stereocenters. The molecular formula is C32H38N10O. The number of hydrogen-bond acceptors (Lipinski definition) is 7. The Labute approximate surface area is 251 Å². The van der Waals surface area contributed by atoms with Crippen molar-refractivity contribution in [2.24, 2.45) is 0 Å². The molecule has 2 amide bonds. The largest absolute Gasteiger partial charge is 0.383 e. The van der Waals surface area contributed by atoms with E-state index < -0.39 is 0 Å². The van der Waals surface area contributed by atoms with Crippen LogP contribution in [0, 0.1) is 0 Å². The fraction of sp³-hybridized carbons (Fsp3) is 0.312. The zero-order chi connectivity index (χ0) is 30.1. The standard InChI is InChI=1S/C32H38N10O/c1-32(2,3)27-19-29(41(38-27)25-7-5-6-22(18-25)21-40-16-14-39(4)15-17-40)37-31(43)36-24-10-8-23(9-11-24)26-20-34-28-12-13-35-42(28)30(26)33/h5-13,18-20H,14-17,21,33H2,1-4H3,(H2,36,37,43). The van der Waals surface area contributed by atoms with Crippen LogP contribution in [-0.2, 0) is 12.0 Å². The Hall–Kier alpha value is -4.74. The number of carbonyl (C=O) groups is 1. The summed E-state index contributed by atoms with van der Waals surface area (Å²) in [6, 6.07) is 19.2. The van der Waals surface area contributed by atoms with Crippen molar-refractivity contribution < 1.29 is 4.79 Å². The van der Waals surface area contributed by atoms with Crippen molar-refractivity contribution in [3.8, 4) is 16.8 Å². The summed E-state index contributed by atoms with van der Waals surface area (Å²) in [5.41, 5.74) is 12.1. The van der Waals surface area contributed by atoms with E-state index in [9.17, 15) is 4.79 Å². The summed E-state index contributed by atoms with van der Waals surface area (Å²) >= 11 is 0. The summed E-state index contributed by atoms with van der Waals surface area (Å²) in [4.78, 5) is 22.4. The topological polar surface area (TPSA) is 122 Å². The summed E-state index contributed by atoms with van der Waals surface area (Å²) in [7, 11) is 2.17. The Morgan fingerprint density at radius 3 is 2.49 bits per heavy atom. The van der Waals surface area contributed by atoms with Gasteiger partial charge < -0.3 is 16.0 Å². The van der Waals surface area contributed by atoms with Gasteiger partial charge in [0.1, 0.15) is 11.6 Å². The van der Waals surface area contributed by atoms with Crippen molar-refractivity contribution in [2.45, 2.75) is 32.7 Å². The van der Waals surface area contributed by atoms with Gasteiger partial charge in [0.2, 0.25) is 0 Å². The number of amides is 2. The van der Waals surface area contributed by atoms with Crippen LogP contribution in [0.15, 0.2) is 73.1 Å². The van der Waals surface area contributed by atoms with Crippen molar-refractivity contribution in [2.75, 3.05) is 49.6 Å². The SMILES string of the molecule is CN1CCN(Cc2cccc(-n3nc(C(C)(C)C)cc3NC(=O)Nc3ccc(-c4cnc5ccnn5c4N)cc3)c2)CC1.